The molecule has 168 valence electrons. The number of carbonyl (C=O) groups excluding carboxylic acids is 1. The molecule has 1 amide bonds. The number of hydrogen-bond donors (Lipinski definition) is 1. The number of hydrogen-bond acceptors (Lipinski definition) is 4. The molecule has 0 radical (unpaired) electrons. The number of ether oxygens (including phenoxy) is 2. The van der Waals surface area contributed by atoms with Crippen LogP contribution in [0, 0.1) is 6.92 Å². The first kappa shape index (κ1) is 22.0. The fourth-order valence-corrected chi connectivity index (χ4v) is 3.53. The minimum Gasteiger partial charge on any atom is -0.493 e. The van der Waals surface area contributed by atoms with Crippen LogP contribution in [0.1, 0.15) is 16.1 Å². The molecule has 0 bridgehead atoms. The molecular formula is C25H21F2N3O3. The van der Waals surface area contributed by atoms with E-state index in [-0.39, 0.29) is 11.5 Å². The Kier molecular flexibility index (Phi) is 6.35. The lowest BCUT2D eigenvalue weighted by Crippen LogP contribution is -2.14. The van der Waals surface area contributed by atoms with Crippen molar-refractivity contribution < 1.29 is 23.0 Å². The molecule has 6 nitrogen and oxygen atoms in total. The molecule has 4 aromatic rings. The number of carbonyl (C=O) groups is 1. The van der Waals surface area contributed by atoms with Gasteiger partial charge in [0.2, 0.25) is 0 Å². The van der Waals surface area contributed by atoms with Gasteiger partial charge in [0.15, 0.2) is 11.5 Å². The first-order valence-electron chi connectivity index (χ1n) is 10.1. The van der Waals surface area contributed by atoms with Crippen LogP contribution in [-0.2, 0) is 0 Å². The van der Waals surface area contributed by atoms with Crippen molar-refractivity contribution in [2.45, 2.75) is 13.5 Å². The van der Waals surface area contributed by atoms with Crippen molar-refractivity contribution in [2.75, 3.05) is 12.4 Å². The second-order valence-electron chi connectivity index (χ2n) is 7.12. The van der Waals surface area contributed by atoms with Crippen molar-refractivity contribution in [1.82, 2.24) is 9.78 Å². The van der Waals surface area contributed by atoms with Crippen LogP contribution in [0.2, 0.25) is 0 Å². The van der Waals surface area contributed by atoms with Gasteiger partial charge in [-0.1, -0.05) is 48.5 Å². The lowest BCUT2D eigenvalue weighted by molar-refractivity contribution is -0.0512. The Bertz CT molecular complexity index is 1260. The van der Waals surface area contributed by atoms with Gasteiger partial charge in [-0.05, 0) is 31.2 Å². The molecule has 0 aliphatic heterocycles. The third kappa shape index (κ3) is 4.69. The number of nitrogens with one attached hydrogen (secondary N) is 1. The number of nitrogens with zero attached hydrogens (tertiary/aromatic N) is 2. The molecule has 1 N–H and O–H groups in total. The first-order chi connectivity index (χ1) is 16.0. The van der Waals surface area contributed by atoms with Crippen molar-refractivity contribution in [2.24, 2.45) is 0 Å². The van der Waals surface area contributed by atoms with Gasteiger partial charge in [-0.25, -0.2) is 4.68 Å². The van der Waals surface area contributed by atoms with Gasteiger partial charge < -0.3 is 14.8 Å². The first-order valence-corrected chi connectivity index (χ1v) is 10.1. The van der Waals surface area contributed by atoms with Gasteiger partial charge >= 0.3 is 6.61 Å². The van der Waals surface area contributed by atoms with Gasteiger partial charge in [0.1, 0.15) is 5.69 Å². The van der Waals surface area contributed by atoms with Crippen molar-refractivity contribution >= 4 is 11.6 Å². The predicted octanol–water partition coefficient (Wildman–Crippen LogP) is 5.71. The van der Waals surface area contributed by atoms with Gasteiger partial charge in [0.05, 0.1) is 24.1 Å². The Balaban J connectivity index is 1.73. The lowest BCUT2D eigenvalue weighted by atomic mass is 10.1. The van der Waals surface area contributed by atoms with Crippen molar-refractivity contribution in [3.63, 3.8) is 0 Å². The summed E-state index contributed by atoms with van der Waals surface area (Å²) in [4.78, 5) is 13.4. The topological polar surface area (TPSA) is 65.4 Å². The van der Waals surface area contributed by atoms with E-state index in [0.717, 1.165) is 11.3 Å². The van der Waals surface area contributed by atoms with Crippen molar-refractivity contribution in [3.05, 3.63) is 90.1 Å². The summed E-state index contributed by atoms with van der Waals surface area (Å²) in [5.41, 5.74) is 3.56. The molecular weight excluding hydrogens is 428 g/mol. The maximum Gasteiger partial charge on any atom is 0.387 e. The Hall–Kier alpha value is -4.20. The summed E-state index contributed by atoms with van der Waals surface area (Å²) >= 11 is 0. The average Bonchev–Trinajstić information content (AvgIpc) is 3.18. The van der Waals surface area contributed by atoms with Crippen LogP contribution in [-0.4, -0.2) is 29.4 Å². The second kappa shape index (κ2) is 9.52. The van der Waals surface area contributed by atoms with Crippen molar-refractivity contribution in [3.8, 4) is 28.4 Å². The molecule has 3 aromatic carbocycles. The molecule has 0 aliphatic rings. The van der Waals surface area contributed by atoms with Crippen molar-refractivity contribution in [1.29, 1.82) is 0 Å². The fourth-order valence-electron chi connectivity index (χ4n) is 3.53. The van der Waals surface area contributed by atoms with Gasteiger partial charge in [0, 0.05) is 17.3 Å². The van der Waals surface area contributed by atoms with Crippen LogP contribution < -0.4 is 14.8 Å². The van der Waals surface area contributed by atoms with E-state index in [0.29, 0.717) is 22.6 Å². The highest BCUT2D eigenvalue weighted by atomic mass is 19.3. The highest BCUT2D eigenvalue weighted by Gasteiger charge is 2.23. The van der Waals surface area contributed by atoms with Gasteiger partial charge in [-0.15, -0.1) is 0 Å². The van der Waals surface area contributed by atoms with Crippen LogP contribution in [0.4, 0.5) is 14.5 Å². The van der Waals surface area contributed by atoms with Crippen LogP contribution in [0.25, 0.3) is 16.9 Å². The van der Waals surface area contributed by atoms with E-state index in [1.807, 2.05) is 67.6 Å². The highest BCUT2D eigenvalue weighted by molar-refractivity contribution is 6.09. The molecule has 0 unspecified atom stereocenters. The predicted molar refractivity (Wildman–Crippen MR) is 121 cm³/mol. The maximum atomic E-state index is 13.4. The van der Waals surface area contributed by atoms with E-state index in [1.54, 1.807) is 4.68 Å². The number of rotatable bonds is 7. The molecule has 0 aliphatic carbocycles. The van der Waals surface area contributed by atoms with E-state index in [2.05, 4.69) is 10.1 Å². The average molecular weight is 449 g/mol. The van der Waals surface area contributed by atoms with E-state index < -0.39 is 12.5 Å². The number of halogens is 2. The summed E-state index contributed by atoms with van der Waals surface area (Å²) in [5.74, 6) is -0.435. The zero-order valence-electron chi connectivity index (χ0n) is 18.0. The molecule has 0 saturated heterocycles. The molecule has 0 saturated carbocycles. The van der Waals surface area contributed by atoms with Crippen LogP contribution in [0.15, 0.2) is 78.9 Å². The summed E-state index contributed by atoms with van der Waals surface area (Å²) in [6, 6.07) is 23.1. The monoisotopic (exact) mass is 449 g/mol. The second-order valence-corrected chi connectivity index (χ2v) is 7.12. The summed E-state index contributed by atoms with van der Waals surface area (Å²) in [6.07, 6.45) is 0. The zero-order chi connectivity index (χ0) is 23.4. The number of methoxy groups -OCH3 is 1. The standard InChI is InChI=1S/C25H21F2N3O3/c1-16-22(24(31)28-18-13-14-20(33-25(26)27)21(15-18)32-2)23(17-9-5-3-6-10-17)29-30(16)19-11-7-4-8-12-19/h3-15,25H,1-2H3,(H,28,31). The van der Waals surface area contributed by atoms with Crippen LogP contribution >= 0.6 is 0 Å². The summed E-state index contributed by atoms with van der Waals surface area (Å²) in [6.45, 7) is -1.17. The third-order valence-corrected chi connectivity index (χ3v) is 5.03. The molecule has 4 rings (SSSR count). The summed E-state index contributed by atoms with van der Waals surface area (Å²) < 4.78 is 36.5. The zero-order valence-corrected chi connectivity index (χ0v) is 18.0. The Labute approximate surface area is 189 Å². The normalized spacial score (nSPS) is 10.8. The van der Waals surface area contributed by atoms with E-state index >= 15 is 0 Å². The lowest BCUT2D eigenvalue weighted by Gasteiger charge is -2.12. The quantitative estimate of drug-likeness (QED) is 0.393. The third-order valence-electron chi connectivity index (χ3n) is 5.03. The van der Waals surface area contributed by atoms with E-state index in [1.165, 1.54) is 25.3 Å². The van der Waals surface area contributed by atoms with Crippen LogP contribution in [0.3, 0.4) is 0 Å². The number of alkyl halides is 2. The largest absolute Gasteiger partial charge is 0.493 e. The van der Waals surface area contributed by atoms with Crippen LogP contribution in [0.5, 0.6) is 11.5 Å². The molecule has 0 fully saturated rings. The Morgan fingerprint density at radius 2 is 1.64 bits per heavy atom. The smallest absolute Gasteiger partial charge is 0.387 e. The molecule has 0 spiro atoms. The number of benzene rings is 3. The minimum absolute atomic E-state index is 0.0769. The highest BCUT2D eigenvalue weighted by Crippen LogP contribution is 2.33. The molecule has 0 atom stereocenters. The molecule has 33 heavy (non-hydrogen) atoms. The minimum atomic E-state index is -2.99. The van der Waals surface area contributed by atoms with Gasteiger partial charge in [0.25, 0.3) is 5.91 Å². The fraction of sp³-hybridized carbons (Fsp3) is 0.120. The van der Waals surface area contributed by atoms with Gasteiger partial charge in [-0.3, -0.25) is 4.79 Å². The number of aromatic nitrogens is 2. The maximum absolute atomic E-state index is 13.4. The van der Waals surface area contributed by atoms with E-state index in [4.69, 9.17) is 9.84 Å². The Morgan fingerprint density at radius 3 is 2.27 bits per heavy atom. The number of para-hydroxylation sites is 1. The number of amides is 1. The molecule has 1 heterocycles. The molecule has 8 heteroatoms. The number of anilines is 1. The SMILES string of the molecule is COc1cc(NC(=O)c2c(-c3ccccc3)nn(-c3ccccc3)c2C)ccc1OC(F)F. The van der Waals surface area contributed by atoms with E-state index in [9.17, 15) is 13.6 Å². The summed E-state index contributed by atoms with van der Waals surface area (Å²) in [7, 11) is 1.33. The van der Waals surface area contributed by atoms with Gasteiger partial charge in [-0.2, -0.15) is 13.9 Å². The molecule has 1 aromatic heterocycles. The Morgan fingerprint density at radius 1 is 0.970 bits per heavy atom. The summed E-state index contributed by atoms with van der Waals surface area (Å²) in [5, 5.41) is 7.54.